The highest BCUT2D eigenvalue weighted by atomic mass is 32.2. The van der Waals surface area contributed by atoms with Crippen LogP contribution >= 0.6 is 11.9 Å². The van der Waals surface area contributed by atoms with E-state index in [0.717, 1.165) is 47.5 Å². The Morgan fingerprint density at radius 3 is 2.52 bits per heavy atom. The number of carbonyl (C=O) groups is 1. The van der Waals surface area contributed by atoms with Gasteiger partial charge in [0.25, 0.3) is 5.69 Å². The van der Waals surface area contributed by atoms with E-state index in [1.165, 1.54) is 30.0 Å². The molecule has 0 radical (unpaired) electrons. The smallest absolute Gasteiger partial charge is 0.284 e. The Morgan fingerprint density at radius 2 is 1.93 bits per heavy atom. The molecule has 3 aromatic rings. The van der Waals surface area contributed by atoms with E-state index in [1.807, 2.05) is 39.2 Å². The van der Waals surface area contributed by atoms with Crippen molar-refractivity contribution < 1.29 is 24.3 Å². The van der Waals surface area contributed by atoms with Crippen molar-refractivity contribution in [1.82, 2.24) is 14.6 Å². The number of hydrogen-bond donors (Lipinski definition) is 2. The van der Waals surface area contributed by atoms with Gasteiger partial charge in [-0.25, -0.2) is 4.72 Å². The molecule has 1 unspecified atom stereocenters. The summed E-state index contributed by atoms with van der Waals surface area (Å²) in [6.07, 6.45) is 5.04. The first-order chi connectivity index (χ1) is 20.2. The van der Waals surface area contributed by atoms with Crippen LogP contribution in [0.1, 0.15) is 43.7 Å². The lowest BCUT2D eigenvalue weighted by Crippen LogP contribution is -2.30. The third kappa shape index (κ3) is 9.25. The van der Waals surface area contributed by atoms with Gasteiger partial charge in [-0.05, 0) is 79.6 Å². The molecular formula is C31H40N4O6S. The van der Waals surface area contributed by atoms with Crippen molar-refractivity contribution in [2.75, 3.05) is 34.4 Å². The van der Waals surface area contributed by atoms with Gasteiger partial charge >= 0.3 is 0 Å². The second-order valence-electron chi connectivity index (χ2n) is 10.4. The molecule has 10 nitrogen and oxygen atoms in total. The fourth-order valence-corrected chi connectivity index (χ4v) is 5.26. The number of pyridine rings is 1. The zero-order valence-electron chi connectivity index (χ0n) is 24.8. The van der Waals surface area contributed by atoms with Gasteiger partial charge in [-0.1, -0.05) is 26.0 Å². The molecule has 2 aromatic carbocycles. The second kappa shape index (κ2) is 16.2. The lowest BCUT2D eigenvalue weighted by Gasteiger charge is -2.17. The molecule has 0 bridgehead atoms. The highest BCUT2D eigenvalue weighted by Crippen LogP contribution is 2.49. The molecule has 2 N–H and O–H groups in total. The molecule has 1 heterocycles. The van der Waals surface area contributed by atoms with Crippen LogP contribution in [-0.4, -0.2) is 66.7 Å². The molecule has 1 fully saturated rings. The Kier molecular flexibility index (Phi) is 12.7. The molecule has 0 saturated heterocycles. The van der Waals surface area contributed by atoms with E-state index in [2.05, 4.69) is 26.7 Å². The average Bonchev–Trinajstić information content (AvgIpc) is 3.83. The zero-order chi connectivity index (χ0) is 30.6. The number of likely N-dealkylation sites (N-methyl/N-ethyl adjacent to an activating group) is 1. The van der Waals surface area contributed by atoms with Crippen LogP contribution in [0.15, 0.2) is 59.6 Å². The zero-order valence-corrected chi connectivity index (χ0v) is 25.6. The van der Waals surface area contributed by atoms with Gasteiger partial charge in [0.1, 0.15) is 11.2 Å². The lowest BCUT2D eigenvalue weighted by molar-refractivity contribution is -0.387. The highest BCUT2D eigenvalue weighted by Gasteiger charge is 2.29. The molecule has 42 heavy (non-hydrogen) atoms. The van der Waals surface area contributed by atoms with Gasteiger partial charge in [0.2, 0.25) is 0 Å². The van der Waals surface area contributed by atoms with E-state index in [4.69, 9.17) is 14.6 Å². The van der Waals surface area contributed by atoms with E-state index in [9.17, 15) is 14.9 Å². The highest BCUT2D eigenvalue weighted by molar-refractivity contribution is 7.97. The normalized spacial score (nSPS) is 13.3. The Bertz CT molecular complexity index is 1330. The van der Waals surface area contributed by atoms with Crippen LogP contribution in [0.4, 0.5) is 5.69 Å². The quantitative estimate of drug-likeness (QED) is 0.107. The number of nitrogens with zero attached hydrogens (tertiary/aromatic N) is 3. The van der Waals surface area contributed by atoms with Crippen molar-refractivity contribution in [1.29, 1.82) is 0 Å². The summed E-state index contributed by atoms with van der Waals surface area (Å²) in [4.78, 5) is 28.2. The minimum atomic E-state index is -0.435. The van der Waals surface area contributed by atoms with E-state index < -0.39 is 4.92 Å². The molecular weight excluding hydrogens is 556 g/mol. The lowest BCUT2D eigenvalue weighted by atomic mass is 10.0. The fourth-order valence-electron chi connectivity index (χ4n) is 4.28. The Morgan fingerprint density at radius 1 is 1.19 bits per heavy atom. The summed E-state index contributed by atoms with van der Waals surface area (Å²) in [5.41, 5.74) is 4.40. The number of aromatic nitrogens is 1. The van der Waals surface area contributed by atoms with E-state index >= 15 is 0 Å². The first-order valence-electron chi connectivity index (χ1n) is 13.8. The summed E-state index contributed by atoms with van der Waals surface area (Å²) in [5, 5.41) is 19.8. The molecule has 4 rings (SSSR count). The van der Waals surface area contributed by atoms with Gasteiger partial charge in [0.15, 0.2) is 11.5 Å². The summed E-state index contributed by atoms with van der Waals surface area (Å²) in [7, 11) is 5.36. The largest absolute Gasteiger partial charge is 0.493 e. The topological polar surface area (TPSA) is 127 Å². The molecule has 1 aliphatic rings. The molecule has 1 aliphatic carbocycles. The van der Waals surface area contributed by atoms with Crippen LogP contribution in [0.5, 0.6) is 11.5 Å². The summed E-state index contributed by atoms with van der Waals surface area (Å²) in [5.74, 6) is 2.30. The van der Waals surface area contributed by atoms with Gasteiger partial charge in [-0.3, -0.25) is 20.0 Å². The monoisotopic (exact) mass is 596 g/mol. The number of para-hydroxylation sites is 1. The molecule has 1 aromatic heterocycles. The Hall–Kier alpha value is -3.51. The van der Waals surface area contributed by atoms with E-state index in [-0.39, 0.29) is 24.3 Å². The van der Waals surface area contributed by atoms with Crippen LogP contribution in [-0.2, 0) is 11.3 Å². The summed E-state index contributed by atoms with van der Waals surface area (Å²) < 4.78 is 14.1. The Labute approximate surface area is 251 Å². The number of nitrogens with one attached hydrogen (secondary N) is 1. The van der Waals surface area contributed by atoms with Gasteiger partial charge in [0.05, 0.1) is 37.5 Å². The Balaban J connectivity index is 0.000000250. The van der Waals surface area contributed by atoms with E-state index in [1.54, 1.807) is 32.4 Å². The third-order valence-corrected chi connectivity index (χ3v) is 7.77. The molecule has 0 amide bonds. The number of ether oxygens (including phenoxy) is 2. The van der Waals surface area contributed by atoms with Gasteiger partial charge in [-0.2, -0.15) is 0 Å². The molecule has 0 spiro atoms. The van der Waals surface area contributed by atoms with Crippen LogP contribution < -0.4 is 14.2 Å². The van der Waals surface area contributed by atoms with Crippen LogP contribution in [0, 0.1) is 16.0 Å². The first-order valence-corrected chi connectivity index (χ1v) is 14.7. The summed E-state index contributed by atoms with van der Waals surface area (Å²) in [6, 6.07) is 14.4. The minimum Gasteiger partial charge on any atom is -0.493 e. The maximum Gasteiger partial charge on any atom is 0.284 e. The van der Waals surface area contributed by atoms with Gasteiger partial charge in [0, 0.05) is 36.5 Å². The number of aldehydes is 1. The van der Waals surface area contributed by atoms with Crippen LogP contribution in [0.25, 0.3) is 11.3 Å². The predicted molar refractivity (Wildman–Crippen MR) is 165 cm³/mol. The maximum atomic E-state index is 10.8. The van der Waals surface area contributed by atoms with Crippen molar-refractivity contribution in [3.8, 4) is 22.8 Å². The number of methoxy groups -OCH3 is 2. The van der Waals surface area contributed by atoms with Crippen LogP contribution in [0.3, 0.4) is 0 Å². The summed E-state index contributed by atoms with van der Waals surface area (Å²) >= 11 is 1.11. The van der Waals surface area contributed by atoms with Gasteiger partial charge < -0.3 is 19.4 Å². The number of aliphatic hydroxyl groups excluding tert-OH is 1. The standard InChI is InChI=1S/C20H26N2O3.C11H14N2O3S/c1-22(8-9-23)13-14-6-7-21-18(10-14)16-11-17(15-4-5-15)20(25-3)19(12-16)24-2;1-8(2)9(7-14)12-17-11-6-4-3-5-10(11)13(15)16/h6-7,10-12,15,23H,4-5,8-9,13H2,1-3H3;3-9,12H,1-2H3. The molecule has 1 atom stereocenters. The van der Waals surface area contributed by atoms with Crippen molar-refractivity contribution in [2.45, 2.75) is 50.1 Å². The second-order valence-corrected chi connectivity index (χ2v) is 11.3. The third-order valence-electron chi connectivity index (χ3n) is 6.81. The van der Waals surface area contributed by atoms with Crippen molar-refractivity contribution in [2.24, 2.45) is 5.92 Å². The number of carbonyl (C=O) groups excluding carboxylic acids is 1. The maximum absolute atomic E-state index is 10.8. The van der Waals surface area contributed by atoms with Gasteiger partial charge in [-0.15, -0.1) is 0 Å². The number of benzene rings is 2. The minimum absolute atomic E-state index is 0.0402. The number of nitro benzene ring substituents is 1. The van der Waals surface area contributed by atoms with E-state index in [0.29, 0.717) is 17.4 Å². The van der Waals surface area contributed by atoms with Crippen molar-refractivity contribution in [3.05, 3.63) is 76.0 Å². The molecule has 226 valence electrons. The molecule has 11 heteroatoms. The molecule has 0 aliphatic heterocycles. The number of nitro groups is 1. The fraction of sp³-hybridized carbons (Fsp3) is 0.419. The average molecular weight is 597 g/mol. The number of rotatable bonds is 14. The molecule has 1 saturated carbocycles. The van der Waals surface area contributed by atoms with Crippen molar-refractivity contribution >= 4 is 23.9 Å². The predicted octanol–water partition coefficient (Wildman–Crippen LogP) is 5.48. The van der Waals surface area contributed by atoms with Crippen LogP contribution in [0.2, 0.25) is 0 Å². The number of aliphatic hydroxyl groups is 1. The SMILES string of the molecule is CC(C)C(C=O)NSc1ccccc1[N+](=O)[O-].COc1cc(-c2cc(CN(C)CCO)ccn2)cc(C2CC2)c1OC. The number of hydrogen-bond acceptors (Lipinski definition) is 10. The summed E-state index contributed by atoms with van der Waals surface area (Å²) in [6.45, 7) is 5.41. The first kappa shape index (κ1) is 33.0. The van der Waals surface area contributed by atoms with Crippen molar-refractivity contribution in [3.63, 3.8) is 0 Å².